The largest absolute Gasteiger partial charge is 0.392 e. The minimum absolute atomic E-state index is 0.0907. The fourth-order valence-electron chi connectivity index (χ4n) is 1.65. The number of hydrogen-bond donors (Lipinski definition) is 0. The summed E-state index contributed by atoms with van der Waals surface area (Å²) in [6.07, 6.45) is 0.0907. The molecule has 1 fully saturated rings. The van der Waals surface area contributed by atoms with E-state index in [2.05, 4.69) is 4.74 Å². The second-order valence-corrected chi connectivity index (χ2v) is 4.21. The summed E-state index contributed by atoms with van der Waals surface area (Å²) in [5.41, 5.74) is -0.107. The van der Waals surface area contributed by atoms with Crippen molar-refractivity contribution in [3.8, 4) is 0 Å². The van der Waals surface area contributed by atoms with Gasteiger partial charge in [0.25, 0.3) is 0 Å². The Hall–Kier alpha value is -1.35. The van der Waals surface area contributed by atoms with Gasteiger partial charge in [-0.15, -0.1) is 0 Å². The number of carbonyl (C=O) groups excluding carboxylic acids is 2. The average Bonchev–Trinajstić information content (AvgIpc) is 2.42. The van der Waals surface area contributed by atoms with E-state index in [1.807, 2.05) is 0 Å². The minimum Gasteiger partial charge on any atom is -0.392 e. The van der Waals surface area contributed by atoms with E-state index in [0.717, 1.165) is 5.56 Å². The molecule has 1 heterocycles. The number of esters is 2. The molecular weight excluding hydrogens is 216 g/mol. The molecule has 1 aromatic rings. The Bertz CT molecular complexity index is 424. The first-order chi connectivity index (χ1) is 7.02. The zero-order valence-electron chi connectivity index (χ0n) is 8.12. The van der Waals surface area contributed by atoms with Crippen molar-refractivity contribution in [3.63, 3.8) is 0 Å². The Balaban J connectivity index is 2.41. The van der Waals surface area contributed by atoms with Crippen molar-refractivity contribution in [3.05, 3.63) is 34.9 Å². The Morgan fingerprint density at radius 3 is 2.33 bits per heavy atom. The van der Waals surface area contributed by atoms with Gasteiger partial charge < -0.3 is 4.74 Å². The van der Waals surface area contributed by atoms with Gasteiger partial charge in [-0.05, 0) is 24.6 Å². The van der Waals surface area contributed by atoms with Crippen LogP contribution in [0.25, 0.3) is 0 Å². The lowest BCUT2D eigenvalue weighted by atomic mass is 9.81. The fraction of sp³-hybridized carbons (Fsp3) is 0.273. The monoisotopic (exact) mass is 224 g/mol. The molecule has 1 saturated heterocycles. The molecule has 0 aromatic heterocycles. The number of ether oxygens (including phenoxy) is 1. The fourth-order valence-corrected chi connectivity index (χ4v) is 1.78. The van der Waals surface area contributed by atoms with Crippen LogP contribution < -0.4 is 0 Å². The lowest BCUT2D eigenvalue weighted by Gasteiger charge is -2.17. The molecule has 3 nitrogen and oxygen atoms in total. The summed E-state index contributed by atoms with van der Waals surface area (Å²) < 4.78 is 4.55. The number of hydrogen-bond acceptors (Lipinski definition) is 3. The van der Waals surface area contributed by atoms with Crippen LogP contribution in [0.1, 0.15) is 18.9 Å². The third-order valence-electron chi connectivity index (χ3n) is 2.64. The number of carbonyl (C=O) groups is 2. The van der Waals surface area contributed by atoms with Gasteiger partial charge in [-0.3, -0.25) is 9.59 Å². The zero-order chi connectivity index (χ0) is 11.1. The van der Waals surface area contributed by atoms with Gasteiger partial charge in [0.2, 0.25) is 0 Å². The highest BCUT2D eigenvalue weighted by Crippen LogP contribution is 2.34. The summed E-state index contributed by atoms with van der Waals surface area (Å²) >= 11 is 5.75. The van der Waals surface area contributed by atoms with Gasteiger partial charge in [0.05, 0.1) is 6.42 Å². The SMILES string of the molecule is C[C@@]1(c2ccc(Cl)cc2)CC(=O)OC1=O. The highest BCUT2D eigenvalue weighted by Gasteiger charge is 2.46. The third kappa shape index (κ3) is 1.63. The number of cyclic esters (lactones) is 2. The molecule has 2 rings (SSSR count). The average molecular weight is 225 g/mol. The van der Waals surface area contributed by atoms with E-state index in [4.69, 9.17) is 11.6 Å². The predicted molar refractivity (Wildman–Crippen MR) is 54.5 cm³/mol. The number of rotatable bonds is 1. The molecule has 4 heteroatoms. The quantitative estimate of drug-likeness (QED) is 0.542. The van der Waals surface area contributed by atoms with Crippen LogP contribution >= 0.6 is 11.6 Å². The maximum Gasteiger partial charge on any atom is 0.324 e. The van der Waals surface area contributed by atoms with E-state index in [1.54, 1.807) is 31.2 Å². The number of halogens is 1. The maximum atomic E-state index is 11.5. The lowest BCUT2D eigenvalue weighted by Crippen LogP contribution is -2.27. The van der Waals surface area contributed by atoms with Gasteiger partial charge in [0.1, 0.15) is 5.41 Å². The van der Waals surface area contributed by atoms with Crippen molar-refractivity contribution in [1.82, 2.24) is 0 Å². The van der Waals surface area contributed by atoms with E-state index < -0.39 is 17.4 Å². The molecule has 78 valence electrons. The predicted octanol–water partition coefficient (Wildman–Crippen LogP) is 2.07. The summed E-state index contributed by atoms with van der Waals surface area (Å²) in [4.78, 5) is 22.6. The van der Waals surface area contributed by atoms with Crippen molar-refractivity contribution in [2.45, 2.75) is 18.8 Å². The smallest absolute Gasteiger partial charge is 0.324 e. The summed E-state index contributed by atoms with van der Waals surface area (Å²) in [6.45, 7) is 1.70. The van der Waals surface area contributed by atoms with E-state index in [0.29, 0.717) is 5.02 Å². The van der Waals surface area contributed by atoms with Crippen LogP contribution in [0.4, 0.5) is 0 Å². The van der Waals surface area contributed by atoms with Crippen molar-refractivity contribution in [1.29, 1.82) is 0 Å². The maximum absolute atomic E-state index is 11.5. The molecule has 0 bridgehead atoms. The topological polar surface area (TPSA) is 43.4 Å². The Kier molecular flexibility index (Phi) is 2.27. The molecule has 1 aliphatic rings. The van der Waals surface area contributed by atoms with Crippen LogP contribution in [0.15, 0.2) is 24.3 Å². The van der Waals surface area contributed by atoms with Crippen LogP contribution in [0.2, 0.25) is 5.02 Å². The molecule has 1 atom stereocenters. The first kappa shape index (κ1) is 10.2. The van der Waals surface area contributed by atoms with Gasteiger partial charge in [-0.1, -0.05) is 23.7 Å². The van der Waals surface area contributed by atoms with Crippen molar-refractivity contribution < 1.29 is 14.3 Å². The molecule has 0 radical (unpaired) electrons. The molecule has 0 saturated carbocycles. The first-order valence-electron chi connectivity index (χ1n) is 4.53. The van der Waals surface area contributed by atoms with Crippen LogP contribution in [0.3, 0.4) is 0 Å². The molecule has 1 aliphatic heterocycles. The molecule has 15 heavy (non-hydrogen) atoms. The molecule has 0 spiro atoms. The highest BCUT2D eigenvalue weighted by atomic mass is 35.5. The van der Waals surface area contributed by atoms with Crippen LogP contribution in [0.5, 0.6) is 0 Å². The Morgan fingerprint density at radius 2 is 1.87 bits per heavy atom. The summed E-state index contributed by atoms with van der Waals surface area (Å²) in [5, 5.41) is 0.597. The summed E-state index contributed by atoms with van der Waals surface area (Å²) in [5.74, 6) is -0.965. The zero-order valence-corrected chi connectivity index (χ0v) is 8.88. The Labute approximate surface area is 92.0 Å². The second-order valence-electron chi connectivity index (χ2n) is 3.78. The van der Waals surface area contributed by atoms with E-state index in [-0.39, 0.29) is 6.42 Å². The van der Waals surface area contributed by atoms with Crippen LogP contribution in [-0.4, -0.2) is 11.9 Å². The molecule has 0 N–H and O–H groups in total. The van der Waals surface area contributed by atoms with Gasteiger partial charge in [-0.25, -0.2) is 0 Å². The van der Waals surface area contributed by atoms with E-state index >= 15 is 0 Å². The normalized spacial score (nSPS) is 25.5. The molecule has 1 aromatic carbocycles. The van der Waals surface area contributed by atoms with Gasteiger partial charge in [0, 0.05) is 5.02 Å². The minimum atomic E-state index is -0.859. The van der Waals surface area contributed by atoms with Gasteiger partial charge in [0.15, 0.2) is 0 Å². The molecule has 0 amide bonds. The van der Waals surface area contributed by atoms with Crippen LogP contribution in [0, 0.1) is 0 Å². The second kappa shape index (κ2) is 3.35. The van der Waals surface area contributed by atoms with Gasteiger partial charge >= 0.3 is 11.9 Å². The lowest BCUT2D eigenvalue weighted by molar-refractivity contribution is -0.153. The van der Waals surface area contributed by atoms with Crippen molar-refractivity contribution in [2.24, 2.45) is 0 Å². The number of benzene rings is 1. The van der Waals surface area contributed by atoms with E-state index in [1.165, 1.54) is 0 Å². The molecule has 0 aliphatic carbocycles. The summed E-state index contributed by atoms with van der Waals surface area (Å²) in [6, 6.07) is 6.86. The molecule has 0 unspecified atom stereocenters. The first-order valence-corrected chi connectivity index (χ1v) is 4.91. The standard InChI is InChI=1S/C11H9ClO3/c1-11(6-9(13)15-10(11)14)7-2-4-8(12)5-3-7/h2-5H,6H2,1H3/t11-/m0/s1. The summed E-state index contributed by atoms with van der Waals surface area (Å²) in [7, 11) is 0. The van der Waals surface area contributed by atoms with Crippen LogP contribution in [-0.2, 0) is 19.7 Å². The van der Waals surface area contributed by atoms with Gasteiger partial charge in [-0.2, -0.15) is 0 Å². The third-order valence-corrected chi connectivity index (χ3v) is 2.89. The highest BCUT2D eigenvalue weighted by molar-refractivity contribution is 6.30. The van der Waals surface area contributed by atoms with E-state index in [9.17, 15) is 9.59 Å². The van der Waals surface area contributed by atoms with Crippen molar-refractivity contribution >= 4 is 23.5 Å². The van der Waals surface area contributed by atoms with Crippen molar-refractivity contribution in [2.75, 3.05) is 0 Å². The molecular formula is C11H9ClO3. The Morgan fingerprint density at radius 1 is 1.27 bits per heavy atom.